The normalized spacial score (nSPS) is 10.9. The number of halogens is 1. The van der Waals surface area contributed by atoms with Crippen LogP contribution in [-0.4, -0.2) is 33.3 Å². The molecule has 4 nitrogen and oxygen atoms in total. The van der Waals surface area contributed by atoms with Gasteiger partial charge in [0.25, 0.3) is 0 Å². The Hall–Kier alpha value is -0.340. The standard InChI is InChI=1S/C13H23N3OS.HI/c1-14-13(15-8-4-3-5-9-17-2)16-11-12-7-6-10-18-12;/h6-7,10H,3-5,8-9,11H2,1-2H3,(H2,14,15,16);1H. The van der Waals surface area contributed by atoms with Crippen molar-refractivity contribution in [2.45, 2.75) is 25.8 Å². The monoisotopic (exact) mass is 397 g/mol. The van der Waals surface area contributed by atoms with Gasteiger partial charge >= 0.3 is 0 Å². The van der Waals surface area contributed by atoms with Gasteiger partial charge in [0.1, 0.15) is 0 Å². The lowest BCUT2D eigenvalue weighted by atomic mass is 10.2. The number of rotatable bonds is 8. The van der Waals surface area contributed by atoms with E-state index in [1.807, 2.05) is 0 Å². The third kappa shape index (κ3) is 9.23. The molecule has 19 heavy (non-hydrogen) atoms. The van der Waals surface area contributed by atoms with Crippen LogP contribution in [-0.2, 0) is 11.3 Å². The van der Waals surface area contributed by atoms with Crippen molar-refractivity contribution in [2.24, 2.45) is 4.99 Å². The topological polar surface area (TPSA) is 45.7 Å². The molecule has 0 saturated carbocycles. The number of aliphatic imine (C=N–C) groups is 1. The lowest BCUT2D eigenvalue weighted by Gasteiger charge is -2.10. The predicted molar refractivity (Wildman–Crippen MR) is 93.7 cm³/mol. The number of hydrogen-bond donors (Lipinski definition) is 2. The lowest BCUT2D eigenvalue weighted by Crippen LogP contribution is -2.37. The molecule has 1 rings (SSSR count). The summed E-state index contributed by atoms with van der Waals surface area (Å²) >= 11 is 1.75. The third-order valence-corrected chi connectivity index (χ3v) is 3.43. The van der Waals surface area contributed by atoms with E-state index in [-0.39, 0.29) is 24.0 Å². The van der Waals surface area contributed by atoms with E-state index < -0.39 is 0 Å². The number of guanidine groups is 1. The number of thiophene rings is 1. The van der Waals surface area contributed by atoms with Crippen molar-refractivity contribution in [1.29, 1.82) is 0 Å². The van der Waals surface area contributed by atoms with Gasteiger partial charge in [-0.3, -0.25) is 4.99 Å². The minimum absolute atomic E-state index is 0. The summed E-state index contributed by atoms with van der Waals surface area (Å²) in [5.74, 6) is 0.871. The Labute approximate surface area is 137 Å². The molecule has 0 bridgehead atoms. The van der Waals surface area contributed by atoms with Gasteiger partial charge in [-0.2, -0.15) is 0 Å². The van der Waals surface area contributed by atoms with Crippen LogP contribution in [0.1, 0.15) is 24.1 Å². The first-order valence-electron chi connectivity index (χ1n) is 6.32. The van der Waals surface area contributed by atoms with Crippen molar-refractivity contribution in [3.63, 3.8) is 0 Å². The molecule has 1 heterocycles. The number of unbranched alkanes of at least 4 members (excludes halogenated alkanes) is 2. The predicted octanol–water partition coefficient (Wildman–Crippen LogP) is 2.85. The van der Waals surface area contributed by atoms with Crippen molar-refractivity contribution in [1.82, 2.24) is 10.6 Å². The molecule has 2 N–H and O–H groups in total. The van der Waals surface area contributed by atoms with Crippen molar-refractivity contribution < 1.29 is 4.74 Å². The van der Waals surface area contributed by atoms with Crippen LogP contribution < -0.4 is 10.6 Å². The number of ether oxygens (including phenoxy) is 1. The molecule has 0 aromatic carbocycles. The average Bonchev–Trinajstić information content (AvgIpc) is 2.90. The number of nitrogens with zero attached hydrogens (tertiary/aromatic N) is 1. The maximum absolute atomic E-state index is 5.02. The maximum atomic E-state index is 5.02. The third-order valence-electron chi connectivity index (χ3n) is 2.55. The molecule has 0 atom stereocenters. The molecule has 0 saturated heterocycles. The van der Waals surface area contributed by atoms with E-state index in [9.17, 15) is 0 Å². The van der Waals surface area contributed by atoms with Crippen molar-refractivity contribution in [2.75, 3.05) is 27.3 Å². The van der Waals surface area contributed by atoms with Crippen LogP contribution in [0.4, 0.5) is 0 Å². The fraction of sp³-hybridized carbons (Fsp3) is 0.615. The summed E-state index contributed by atoms with van der Waals surface area (Å²) in [4.78, 5) is 5.51. The molecular formula is C13H24IN3OS. The van der Waals surface area contributed by atoms with Crippen LogP contribution in [0, 0.1) is 0 Å². The molecule has 0 radical (unpaired) electrons. The first kappa shape index (κ1) is 18.7. The largest absolute Gasteiger partial charge is 0.385 e. The summed E-state index contributed by atoms with van der Waals surface area (Å²) in [7, 11) is 3.54. The fourth-order valence-electron chi connectivity index (χ4n) is 1.56. The van der Waals surface area contributed by atoms with Crippen LogP contribution in [0.15, 0.2) is 22.5 Å². The first-order valence-corrected chi connectivity index (χ1v) is 7.20. The average molecular weight is 397 g/mol. The van der Waals surface area contributed by atoms with Gasteiger partial charge in [0.15, 0.2) is 5.96 Å². The van der Waals surface area contributed by atoms with E-state index >= 15 is 0 Å². The Bertz CT molecular complexity index is 331. The molecule has 0 spiro atoms. The van der Waals surface area contributed by atoms with E-state index in [2.05, 4.69) is 33.1 Å². The highest BCUT2D eigenvalue weighted by Crippen LogP contribution is 2.07. The Balaban J connectivity index is 0.00000324. The molecule has 0 aliphatic heterocycles. The fourth-order valence-corrected chi connectivity index (χ4v) is 2.20. The van der Waals surface area contributed by atoms with Gasteiger partial charge in [-0.05, 0) is 30.7 Å². The smallest absolute Gasteiger partial charge is 0.191 e. The van der Waals surface area contributed by atoms with Crippen LogP contribution in [0.25, 0.3) is 0 Å². The highest BCUT2D eigenvalue weighted by Gasteiger charge is 1.98. The quantitative estimate of drug-likeness (QED) is 0.307. The van der Waals surface area contributed by atoms with Crippen molar-refractivity contribution in [3.8, 4) is 0 Å². The SMILES string of the molecule is CN=C(NCCCCCOC)NCc1cccs1.I. The highest BCUT2D eigenvalue weighted by molar-refractivity contribution is 14.0. The van der Waals surface area contributed by atoms with E-state index in [4.69, 9.17) is 4.74 Å². The second kappa shape index (κ2) is 12.7. The van der Waals surface area contributed by atoms with Crippen molar-refractivity contribution >= 4 is 41.3 Å². The molecule has 0 unspecified atom stereocenters. The molecule has 0 aliphatic carbocycles. The van der Waals surface area contributed by atoms with Gasteiger partial charge in [0, 0.05) is 32.2 Å². The number of methoxy groups -OCH3 is 1. The minimum Gasteiger partial charge on any atom is -0.385 e. The Morgan fingerprint density at radius 1 is 1.32 bits per heavy atom. The van der Waals surface area contributed by atoms with E-state index in [1.165, 1.54) is 11.3 Å². The molecular weight excluding hydrogens is 373 g/mol. The van der Waals surface area contributed by atoms with Gasteiger partial charge in [-0.25, -0.2) is 0 Å². The second-order valence-electron chi connectivity index (χ2n) is 3.99. The minimum atomic E-state index is 0. The van der Waals surface area contributed by atoms with Gasteiger partial charge in [-0.15, -0.1) is 35.3 Å². The summed E-state index contributed by atoms with van der Waals surface area (Å²) < 4.78 is 5.02. The first-order chi connectivity index (χ1) is 8.86. The van der Waals surface area contributed by atoms with E-state index in [0.717, 1.165) is 38.5 Å². The maximum Gasteiger partial charge on any atom is 0.191 e. The Kier molecular flexibility index (Phi) is 12.5. The molecule has 0 fully saturated rings. The molecule has 0 aliphatic rings. The Morgan fingerprint density at radius 2 is 2.16 bits per heavy atom. The zero-order valence-electron chi connectivity index (χ0n) is 11.6. The van der Waals surface area contributed by atoms with Gasteiger partial charge in [0.05, 0.1) is 6.54 Å². The number of nitrogens with one attached hydrogen (secondary N) is 2. The number of hydrogen-bond acceptors (Lipinski definition) is 3. The summed E-state index contributed by atoms with van der Waals surface area (Å²) in [5.41, 5.74) is 0. The van der Waals surface area contributed by atoms with E-state index in [0.29, 0.717) is 0 Å². The van der Waals surface area contributed by atoms with Gasteiger partial charge < -0.3 is 15.4 Å². The summed E-state index contributed by atoms with van der Waals surface area (Å²) in [6.45, 7) is 2.64. The molecule has 1 aromatic rings. The molecule has 110 valence electrons. The summed E-state index contributed by atoms with van der Waals surface area (Å²) in [5, 5.41) is 8.70. The van der Waals surface area contributed by atoms with Crippen LogP contribution in [0.2, 0.25) is 0 Å². The zero-order chi connectivity index (χ0) is 13.1. The summed E-state index contributed by atoms with van der Waals surface area (Å²) in [6, 6.07) is 4.18. The second-order valence-corrected chi connectivity index (χ2v) is 5.02. The van der Waals surface area contributed by atoms with Crippen LogP contribution in [0.3, 0.4) is 0 Å². The molecule has 1 aromatic heterocycles. The molecule has 6 heteroatoms. The van der Waals surface area contributed by atoms with Crippen LogP contribution in [0.5, 0.6) is 0 Å². The van der Waals surface area contributed by atoms with Gasteiger partial charge in [0.2, 0.25) is 0 Å². The van der Waals surface area contributed by atoms with Crippen LogP contribution >= 0.6 is 35.3 Å². The summed E-state index contributed by atoms with van der Waals surface area (Å²) in [6.07, 6.45) is 3.45. The molecule has 0 amide bonds. The Morgan fingerprint density at radius 3 is 2.79 bits per heavy atom. The van der Waals surface area contributed by atoms with Crippen molar-refractivity contribution in [3.05, 3.63) is 22.4 Å². The highest BCUT2D eigenvalue weighted by atomic mass is 127. The lowest BCUT2D eigenvalue weighted by molar-refractivity contribution is 0.192. The zero-order valence-corrected chi connectivity index (χ0v) is 14.8. The van der Waals surface area contributed by atoms with E-state index in [1.54, 1.807) is 25.5 Å². The van der Waals surface area contributed by atoms with Gasteiger partial charge in [-0.1, -0.05) is 6.07 Å².